The molecular weight excluding hydrogens is 238 g/mol. The van der Waals surface area contributed by atoms with Crippen LogP contribution in [0.25, 0.3) is 0 Å². The normalized spacial score (nSPS) is 19.4. The Balaban J connectivity index is 1.81. The first kappa shape index (κ1) is 12.4. The van der Waals surface area contributed by atoms with Gasteiger partial charge in [0.25, 0.3) is 0 Å². The third kappa shape index (κ3) is 3.71. The Morgan fingerprint density at radius 2 is 2.53 bits per heavy atom. The molecule has 0 spiro atoms. The molecule has 1 aliphatic rings. The lowest BCUT2D eigenvalue weighted by molar-refractivity contribution is 0.0690. The molecule has 0 bridgehead atoms. The number of nitrogens with zero attached hydrogens (tertiary/aromatic N) is 1. The maximum atomic E-state index is 10.7. The van der Waals surface area contributed by atoms with Gasteiger partial charge in [0.05, 0.1) is 6.10 Å². The number of carbonyl (C=O) groups is 1. The van der Waals surface area contributed by atoms with E-state index in [-0.39, 0.29) is 5.69 Å². The Morgan fingerprint density at radius 1 is 1.65 bits per heavy atom. The predicted octanol–water partition coefficient (Wildman–Crippen LogP) is 2.19. The molecular formula is C12H15NO3S. The van der Waals surface area contributed by atoms with Gasteiger partial charge in [-0.25, -0.2) is 9.78 Å². The molecule has 92 valence electrons. The first-order valence-electron chi connectivity index (χ1n) is 5.63. The van der Waals surface area contributed by atoms with Crippen LogP contribution < -0.4 is 0 Å². The van der Waals surface area contributed by atoms with Crippen molar-refractivity contribution in [2.75, 3.05) is 12.4 Å². The molecule has 2 rings (SSSR count). The number of thioether (sulfide) groups is 1. The molecule has 1 N–H and O–H groups in total. The fraction of sp³-hybridized carbons (Fsp3) is 0.500. The van der Waals surface area contributed by atoms with Crippen molar-refractivity contribution in [2.24, 2.45) is 0 Å². The summed E-state index contributed by atoms with van der Waals surface area (Å²) in [5, 5.41) is 8.82. The maximum absolute atomic E-state index is 10.7. The molecule has 0 radical (unpaired) electrons. The minimum Gasteiger partial charge on any atom is -0.477 e. The molecule has 0 aromatic carbocycles. The van der Waals surface area contributed by atoms with E-state index in [2.05, 4.69) is 4.98 Å². The minimum atomic E-state index is -0.976. The number of hydrogen-bond acceptors (Lipinski definition) is 4. The van der Waals surface area contributed by atoms with Crippen molar-refractivity contribution in [3.63, 3.8) is 0 Å². The predicted molar refractivity (Wildman–Crippen MR) is 66.3 cm³/mol. The van der Waals surface area contributed by atoms with Crippen LogP contribution in [0.4, 0.5) is 0 Å². The number of carboxylic acids is 1. The van der Waals surface area contributed by atoms with E-state index < -0.39 is 5.97 Å². The number of rotatable bonds is 5. The van der Waals surface area contributed by atoms with Gasteiger partial charge in [-0.05, 0) is 30.5 Å². The molecule has 0 aliphatic carbocycles. The zero-order chi connectivity index (χ0) is 12.1. The monoisotopic (exact) mass is 253 g/mol. The molecule has 1 aromatic rings. The smallest absolute Gasteiger partial charge is 0.354 e. The molecule has 1 aromatic heterocycles. The Hall–Kier alpha value is -1.07. The summed E-state index contributed by atoms with van der Waals surface area (Å²) in [6.07, 6.45) is 4.22. The average molecular weight is 253 g/mol. The van der Waals surface area contributed by atoms with Crippen molar-refractivity contribution in [2.45, 2.75) is 24.7 Å². The lowest BCUT2D eigenvalue weighted by Crippen LogP contribution is -2.08. The lowest BCUT2D eigenvalue weighted by Gasteiger charge is -2.08. The summed E-state index contributed by atoms with van der Waals surface area (Å²) in [5.41, 5.74) is 1.11. The maximum Gasteiger partial charge on any atom is 0.354 e. The van der Waals surface area contributed by atoms with Crippen molar-refractivity contribution in [3.05, 3.63) is 29.6 Å². The van der Waals surface area contributed by atoms with Gasteiger partial charge in [-0.3, -0.25) is 0 Å². The summed E-state index contributed by atoms with van der Waals surface area (Å²) in [4.78, 5) is 14.5. The molecule has 17 heavy (non-hydrogen) atoms. The number of aromatic carboxylic acids is 1. The number of aromatic nitrogens is 1. The summed E-state index contributed by atoms with van der Waals surface area (Å²) in [7, 11) is 0. The van der Waals surface area contributed by atoms with E-state index in [4.69, 9.17) is 9.84 Å². The van der Waals surface area contributed by atoms with Gasteiger partial charge in [-0.1, -0.05) is 0 Å². The highest BCUT2D eigenvalue weighted by atomic mass is 32.2. The van der Waals surface area contributed by atoms with E-state index in [0.29, 0.717) is 6.10 Å². The second-order valence-corrected chi connectivity index (χ2v) is 5.03. The van der Waals surface area contributed by atoms with E-state index in [1.807, 2.05) is 6.07 Å². The first-order chi connectivity index (χ1) is 8.25. The fourth-order valence-corrected chi connectivity index (χ4v) is 2.82. The molecule has 5 heteroatoms. The second kappa shape index (κ2) is 6.02. The van der Waals surface area contributed by atoms with Crippen LogP contribution in [0.2, 0.25) is 0 Å². The van der Waals surface area contributed by atoms with Crippen molar-refractivity contribution < 1.29 is 14.6 Å². The van der Waals surface area contributed by atoms with E-state index in [1.54, 1.807) is 24.0 Å². The van der Waals surface area contributed by atoms with Crippen LogP contribution in [0.1, 0.15) is 28.9 Å². The first-order valence-corrected chi connectivity index (χ1v) is 6.79. The Morgan fingerprint density at radius 3 is 3.24 bits per heavy atom. The van der Waals surface area contributed by atoms with Crippen LogP contribution in [0.5, 0.6) is 0 Å². The topological polar surface area (TPSA) is 59.4 Å². The number of hydrogen-bond donors (Lipinski definition) is 1. The summed E-state index contributed by atoms with van der Waals surface area (Å²) < 4.78 is 5.53. The van der Waals surface area contributed by atoms with Crippen molar-refractivity contribution in [3.8, 4) is 0 Å². The molecule has 1 atom stereocenters. The highest BCUT2D eigenvalue weighted by Crippen LogP contribution is 2.20. The molecule has 1 unspecified atom stereocenters. The molecule has 1 aliphatic heterocycles. The Kier molecular flexibility index (Phi) is 4.39. The van der Waals surface area contributed by atoms with Gasteiger partial charge in [-0.15, -0.1) is 0 Å². The zero-order valence-corrected chi connectivity index (χ0v) is 10.3. The van der Waals surface area contributed by atoms with Crippen molar-refractivity contribution >= 4 is 17.7 Å². The summed E-state index contributed by atoms with van der Waals surface area (Å²) in [6, 6.07) is 3.49. The standard InChI is InChI=1S/C12H15NO3S/c14-12(15)11-6-9(3-4-13-11)7-17-8-10-2-1-5-16-10/h3-4,6,10H,1-2,5,7-8H2,(H,14,15). The van der Waals surface area contributed by atoms with Crippen LogP contribution >= 0.6 is 11.8 Å². The van der Waals surface area contributed by atoms with E-state index in [1.165, 1.54) is 0 Å². The largest absolute Gasteiger partial charge is 0.477 e. The van der Waals surface area contributed by atoms with Crippen molar-refractivity contribution in [1.82, 2.24) is 4.98 Å². The lowest BCUT2D eigenvalue weighted by atomic mass is 10.2. The summed E-state index contributed by atoms with van der Waals surface area (Å²) in [6.45, 7) is 0.879. The van der Waals surface area contributed by atoms with E-state index in [0.717, 1.165) is 36.5 Å². The molecule has 2 heterocycles. The Labute approximate surface area is 104 Å². The molecule has 1 fully saturated rings. The minimum absolute atomic E-state index is 0.111. The van der Waals surface area contributed by atoms with Crippen LogP contribution in [-0.4, -0.2) is 34.5 Å². The third-order valence-electron chi connectivity index (χ3n) is 2.64. The molecule has 0 amide bonds. The van der Waals surface area contributed by atoms with Crippen LogP contribution in [-0.2, 0) is 10.5 Å². The van der Waals surface area contributed by atoms with Gasteiger partial charge < -0.3 is 9.84 Å². The third-order valence-corrected chi connectivity index (χ3v) is 3.78. The van der Waals surface area contributed by atoms with Gasteiger partial charge in [0, 0.05) is 24.3 Å². The highest BCUT2D eigenvalue weighted by molar-refractivity contribution is 7.98. The van der Waals surface area contributed by atoms with Gasteiger partial charge in [0.1, 0.15) is 5.69 Å². The molecule has 0 saturated carbocycles. The fourth-order valence-electron chi connectivity index (χ4n) is 1.77. The number of pyridine rings is 1. The average Bonchev–Trinajstić information content (AvgIpc) is 2.82. The van der Waals surface area contributed by atoms with Crippen molar-refractivity contribution in [1.29, 1.82) is 0 Å². The van der Waals surface area contributed by atoms with Gasteiger partial charge in [-0.2, -0.15) is 11.8 Å². The van der Waals surface area contributed by atoms with Gasteiger partial charge >= 0.3 is 5.97 Å². The van der Waals surface area contributed by atoms with Gasteiger partial charge in [0.2, 0.25) is 0 Å². The molecule has 1 saturated heterocycles. The summed E-state index contributed by atoms with van der Waals surface area (Å²) >= 11 is 1.78. The number of ether oxygens (including phenoxy) is 1. The van der Waals surface area contributed by atoms with E-state index >= 15 is 0 Å². The van der Waals surface area contributed by atoms with Crippen LogP contribution in [0.3, 0.4) is 0 Å². The van der Waals surface area contributed by atoms with E-state index in [9.17, 15) is 4.79 Å². The summed E-state index contributed by atoms with van der Waals surface area (Å²) in [5.74, 6) is 0.809. The SMILES string of the molecule is O=C(O)c1cc(CSCC2CCCO2)ccn1. The quantitative estimate of drug-likeness (QED) is 0.871. The number of carboxylic acid groups (broad SMARTS) is 1. The van der Waals surface area contributed by atoms with Gasteiger partial charge in [0.15, 0.2) is 0 Å². The highest BCUT2D eigenvalue weighted by Gasteiger charge is 2.15. The zero-order valence-electron chi connectivity index (χ0n) is 9.46. The molecule has 4 nitrogen and oxygen atoms in total. The second-order valence-electron chi connectivity index (χ2n) is 4.00. The Bertz CT molecular complexity index is 391. The van der Waals surface area contributed by atoms with Crippen LogP contribution in [0.15, 0.2) is 18.3 Å². The van der Waals surface area contributed by atoms with Crippen LogP contribution in [0, 0.1) is 0 Å².